The van der Waals surface area contributed by atoms with Crippen LogP contribution in [0.4, 0.5) is 4.79 Å². The number of imide groups is 1. The van der Waals surface area contributed by atoms with Gasteiger partial charge < -0.3 is 10.1 Å². The second-order valence-electron chi connectivity index (χ2n) is 6.49. The van der Waals surface area contributed by atoms with Crippen LogP contribution >= 0.6 is 11.3 Å². The van der Waals surface area contributed by atoms with Gasteiger partial charge in [-0.25, -0.2) is 14.8 Å². The zero-order valence-corrected chi connectivity index (χ0v) is 15.2. The van der Waals surface area contributed by atoms with Crippen LogP contribution in [0.1, 0.15) is 37.1 Å². The molecule has 2 N–H and O–H groups in total. The van der Waals surface area contributed by atoms with E-state index in [1.54, 1.807) is 11.3 Å². The van der Waals surface area contributed by atoms with Crippen LogP contribution in [0.5, 0.6) is 5.88 Å². The van der Waals surface area contributed by atoms with E-state index in [-0.39, 0.29) is 6.61 Å². The summed E-state index contributed by atoms with van der Waals surface area (Å²) in [6, 6.07) is -0.501. The van der Waals surface area contributed by atoms with Crippen LogP contribution in [0.25, 0.3) is 10.2 Å². The first kappa shape index (κ1) is 17.6. The van der Waals surface area contributed by atoms with Crippen molar-refractivity contribution in [3.05, 3.63) is 16.8 Å². The van der Waals surface area contributed by atoms with Crippen molar-refractivity contribution in [2.24, 2.45) is 5.92 Å². The van der Waals surface area contributed by atoms with Crippen LogP contribution in [0, 0.1) is 5.92 Å². The minimum Gasteiger partial charge on any atom is -0.467 e. The molecule has 134 valence electrons. The molecule has 2 heterocycles. The molecule has 2 aromatic rings. The van der Waals surface area contributed by atoms with Crippen molar-refractivity contribution in [1.29, 1.82) is 0 Å². The Hall–Kier alpha value is -2.22. The molecule has 0 unspecified atom stereocenters. The number of thiophene rings is 1. The lowest BCUT2D eigenvalue weighted by Gasteiger charge is -2.09. The second-order valence-corrected chi connectivity index (χ2v) is 7.58. The summed E-state index contributed by atoms with van der Waals surface area (Å²) in [5, 5.41) is 5.83. The summed E-state index contributed by atoms with van der Waals surface area (Å²) in [5.41, 5.74) is 1.24. The van der Waals surface area contributed by atoms with Crippen molar-refractivity contribution in [1.82, 2.24) is 20.6 Å². The molecule has 0 aromatic carbocycles. The molecule has 0 atom stereocenters. The van der Waals surface area contributed by atoms with Gasteiger partial charge in [-0.1, -0.05) is 13.8 Å². The van der Waals surface area contributed by atoms with Gasteiger partial charge in [-0.05, 0) is 37.2 Å². The number of hydrogen-bond acceptors (Lipinski definition) is 6. The van der Waals surface area contributed by atoms with Crippen molar-refractivity contribution in [2.75, 3.05) is 13.2 Å². The SMILES string of the molecule is CC(C)CCNC(=O)NC(=O)COc1ncnc2sc3c(c12)CCC3. The summed E-state index contributed by atoms with van der Waals surface area (Å²) in [5.74, 6) is 0.410. The van der Waals surface area contributed by atoms with Crippen LogP contribution in [0.2, 0.25) is 0 Å². The average Bonchev–Trinajstić information content (AvgIpc) is 3.13. The van der Waals surface area contributed by atoms with Crippen LogP contribution in [0.3, 0.4) is 0 Å². The topological polar surface area (TPSA) is 93.2 Å². The number of nitrogens with zero attached hydrogens (tertiary/aromatic N) is 2. The molecule has 7 nitrogen and oxygen atoms in total. The molecule has 1 aliphatic carbocycles. The Morgan fingerprint density at radius 2 is 2.16 bits per heavy atom. The molecule has 3 amide bonds. The molecule has 0 aliphatic heterocycles. The highest BCUT2D eigenvalue weighted by Gasteiger charge is 2.22. The highest BCUT2D eigenvalue weighted by atomic mass is 32.1. The predicted molar refractivity (Wildman–Crippen MR) is 95.9 cm³/mol. The van der Waals surface area contributed by atoms with E-state index < -0.39 is 11.9 Å². The number of nitrogens with one attached hydrogen (secondary N) is 2. The molecule has 0 saturated heterocycles. The second kappa shape index (κ2) is 7.77. The standard InChI is InChI=1S/C17H22N4O3S/c1-10(2)6-7-18-17(23)21-13(22)8-24-15-14-11-4-3-5-12(11)25-16(14)20-9-19-15/h9-10H,3-8H2,1-2H3,(H2,18,21,22,23). The van der Waals surface area contributed by atoms with Gasteiger partial charge in [0, 0.05) is 11.4 Å². The largest absolute Gasteiger partial charge is 0.467 e. The van der Waals surface area contributed by atoms with E-state index in [1.807, 2.05) is 0 Å². The summed E-state index contributed by atoms with van der Waals surface area (Å²) < 4.78 is 5.57. The summed E-state index contributed by atoms with van der Waals surface area (Å²) in [4.78, 5) is 34.2. The Labute approximate surface area is 150 Å². The average molecular weight is 362 g/mol. The van der Waals surface area contributed by atoms with Crippen LogP contribution in [-0.2, 0) is 17.6 Å². The zero-order chi connectivity index (χ0) is 17.8. The first-order valence-corrected chi connectivity index (χ1v) is 9.32. The Morgan fingerprint density at radius 1 is 1.32 bits per heavy atom. The third kappa shape index (κ3) is 4.25. The molecule has 0 bridgehead atoms. The molecule has 8 heteroatoms. The monoisotopic (exact) mass is 362 g/mol. The molecular formula is C17H22N4O3S. The van der Waals surface area contributed by atoms with Gasteiger partial charge in [-0.2, -0.15) is 0 Å². The molecular weight excluding hydrogens is 340 g/mol. The van der Waals surface area contributed by atoms with E-state index in [2.05, 4.69) is 34.4 Å². The van der Waals surface area contributed by atoms with Crippen LogP contribution < -0.4 is 15.4 Å². The van der Waals surface area contributed by atoms with Crippen molar-refractivity contribution >= 4 is 33.5 Å². The minimum absolute atomic E-state index is 0.256. The van der Waals surface area contributed by atoms with E-state index in [4.69, 9.17) is 4.74 Å². The summed E-state index contributed by atoms with van der Waals surface area (Å²) in [7, 11) is 0. The summed E-state index contributed by atoms with van der Waals surface area (Å²) in [6.07, 6.45) is 5.49. The third-order valence-electron chi connectivity index (χ3n) is 4.07. The number of fused-ring (bicyclic) bond motifs is 3. The van der Waals surface area contributed by atoms with Gasteiger partial charge in [-0.3, -0.25) is 10.1 Å². The molecule has 1 aliphatic rings. The quantitative estimate of drug-likeness (QED) is 0.823. The number of aryl methyl sites for hydroxylation is 2. The Kier molecular flexibility index (Phi) is 5.47. The number of amides is 3. The lowest BCUT2D eigenvalue weighted by atomic mass is 10.1. The van der Waals surface area contributed by atoms with Gasteiger partial charge >= 0.3 is 6.03 Å². The van der Waals surface area contributed by atoms with Crippen molar-refractivity contribution in [3.8, 4) is 5.88 Å². The predicted octanol–water partition coefficient (Wildman–Crippen LogP) is 2.43. The van der Waals surface area contributed by atoms with E-state index in [9.17, 15) is 9.59 Å². The van der Waals surface area contributed by atoms with Crippen molar-refractivity contribution < 1.29 is 14.3 Å². The van der Waals surface area contributed by atoms with Gasteiger partial charge in [-0.15, -0.1) is 11.3 Å². The number of aromatic nitrogens is 2. The first-order chi connectivity index (χ1) is 12.0. The molecule has 25 heavy (non-hydrogen) atoms. The maximum absolute atomic E-state index is 11.9. The summed E-state index contributed by atoms with van der Waals surface area (Å²) >= 11 is 1.66. The molecule has 3 rings (SSSR count). The fraction of sp³-hybridized carbons (Fsp3) is 0.529. The highest BCUT2D eigenvalue weighted by Crippen LogP contribution is 2.39. The lowest BCUT2D eigenvalue weighted by Crippen LogP contribution is -2.42. The maximum atomic E-state index is 11.9. The lowest BCUT2D eigenvalue weighted by molar-refractivity contribution is -0.122. The van der Waals surface area contributed by atoms with Gasteiger partial charge in [0.2, 0.25) is 5.88 Å². The first-order valence-electron chi connectivity index (χ1n) is 8.50. The van der Waals surface area contributed by atoms with Gasteiger partial charge in [0.1, 0.15) is 11.2 Å². The van der Waals surface area contributed by atoms with E-state index in [1.165, 1.54) is 16.8 Å². The number of hydrogen-bond donors (Lipinski definition) is 2. The molecule has 2 aromatic heterocycles. The molecule has 0 radical (unpaired) electrons. The smallest absolute Gasteiger partial charge is 0.321 e. The van der Waals surface area contributed by atoms with Crippen molar-refractivity contribution in [3.63, 3.8) is 0 Å². The fourth-order valence-electron chi connectivity index (χ4n) is 2.82. The number of carbonyl (C=O) groups excluding carboxylic acids is 2. The van der Waals surface area contributed by atoms with E-state index in [0.717, 1.165) is 35.9 Å². The Morgan fingerprint density at radius 3 is 2.96 bits per heavy atom. The Bertz CT molecular complexity index is 788. The number of urea groups is 1. The van der Waals surface area contributed by atoms with E-state index in [0.29, 0.717) is 18.3 Å². The van der Waals surface area contributed by atoms with Gasteiger partial charge in [0.05, 0.1) is 5.39 Å². The normalized spacial score (nSPS) is 13.1. The van der Waals surface area contributed by atoms with Gasteiger partial charge in [0.25, 0.3) is 5.91 Å². The fourth-order valence-corrected chi connectivity index (χ4v) is 4.04. The van der Waals surface area contributed by atoms with Crippen LogP contribution in [-0.4, -0.2) is 35.1 Å². The summed E-state index contributed by atoms with van der Waals surface area (Å²) in [6.45, 7) is 4.42. The highest BCUT2D eigenvalue weighted by molar-refractivity contribution is 7.18. The Balaban J connectivity index is 1.56. The number of ether oxygens (including phenoxy) is 1. The number of carbonyl (C=O) groups is 2. The number of rotatable bonds is 6. The van der Waals surface area contributed by atoms with Gasteiger partial charge in [0.15, 0.2) is 6.61 Å². The van der Waals surface area contributed by atoms with Crippen molar-refractivity contribution in [2.45, 2.75) is 39.5 Å². The zero-order valence-electron chi connectivity index (χ0n) is 14.4. The van der Waals surface area contributed by atoms with E-state index >= 15 is 0 Å². The maximum Gasteiger partial charge on any atom is 0.321 e. The molecule has 0 spiro atoms. The van der Waals surface area contributed by atoms with Crippen LogP contribution in [0.15, 0.2) is 6.33 Å². The third-order valence-corrected chi connectivity index (χ3v) is 5.27. The molecule has 0 saturated carbocycles. The molecule has 0 fully saturated rings. The minimum atomic E-state index is -0.501.